The molecule has 0 aliphatic rings. The third-order valence-corrected chi connectivity index (χ3v) is 3.50. The number of rotatable bonds is 6. The summed E-state index contributed by atoms with van der Waals surface area (Å²) in [4.78, 5) is 29.9. The quantitative estimate of drug-likeness (QED) is 0.306. The number of amidine groups is 1. The fraction of sp³-hybridized carbons (Fsp3) is 0.263. The van der Waals surface area contributed by atoms with Gasteiger partial charge in [-0.1, -0.05) is 11.8 Å². The highest BCUT2D eigenvalue weighted by atomic mass is 16.2. The van der Waals surface area contributed by atoms with Crippen LogP contribution in [0.1, 0.15) is 25.1 Å². The van der Waals surface area contributed by atoms with Crippen LogP contribution in [0.2, 0.25) is 0 Å². The van der Waals surface area contributed by atoms with Gasteiger partial charge in [0, 0.05) is 30.4 Å². The lowest BCUT2D eigenvalue weighted by atomic mass is 10.2. The highest BCUT2D eigenvalue weighted by molar-refractivity contribution is 5.84. The van der Waals surface area contributed by atoms with Crippen molar-refractivity contribution in [1.29, 1.82) is 0 Å². The molecule has 0 radical (unpaired) electrons. The van der Waals surface area contributed by atoms with Crippen LogP contribution in [0, 0.1) is 11.8 Å². The maximum Gasteiger partial charge on any atom is 0.322 e. The molecule has 0 aliphatic heterocycles. The summed E-state index contributed by atoms with van der Waals surface area (Å²) in [5.74, 6) is 6.46. The lowest BCUT2D eigenvalue weighted by molar-refractivity contribution is -0.108. The Morgan fingerprint density at radius 1 is 1.41 bits per heavy atom. The molecule has 0 aliphatic carbocycles. The molecule has 3 amide bonds. The van der Waals surface area contributed by atoms with Gasteiger partial charge in [0.15, 0.2) is 0 Å². The number of hydrogen-bond acceptors (Lipinski definition) is 4. The van der Waals surface area contributed by atoms with Gasteiger partial charge >= 0.3 is 6.03 Å². The minimum absolute atomic E-state index is 0.322. The van der Waals surface area contributed by atoms with Crippen molar-refractivity contribution >= 4 is 18.3 Å². The third-order valence-electron chi connectivity index (χ3n) is 3.50. The number of hydrogen-bond donors (Lipinski definition) is 3. The molecule has 1 aromatic carbocycles. The van der Waals surface area contributed by atoms with E-state index in [9.17, 15) is 9.59 Å². The van der Waals surface area contributed by atoms with E-state index in [0.717, 1.165) is 23.4 Å². The standard InChI is InChI=1S/C19H22N6O2/c1-14(24-19(27)23-13-26)3-4-16-5-7-18(8-6-16)25-11-17(22-12-25)9-10-21-15(2)20/h5-8,11-14H,9-10H2,1-2H3,(H2,20,21)(H2,23,24,26,27). The molecule has 0 spiro atoms. The van der Waals surface area contributed by atoms with E-state index >= 15 is 0 Å². The topological polar surface area (TPSA) is 114 Å². The Hall–Kier alpha value is -3.60. The van der Waals surface area contributed by atoms with E-state index in [1.54, 1.807) is 20.2 Å². The first-order valence-electron chi connectivity index (χ1n) is 8.40. The summed E-state index contributed by atoms with van der Waals surface area (Å²) in [6, 6.07) is 6.69. The maximum atomic E-state index is 11.2. The molecule has 0 saturated carbocycles. The summed E-state index contributed by atoms with van der Waals surface area (Å²) in [5.41, 5.74) is 8.25. The SMILES string of the molecule is CC(N)=NCCc1cn(-c2ccc(C#CC(C)NC(=O)NC=O)cc2)cn1. The Kier molecular flexibility index (Phi) is 7.14. The van der Waals surface area contributed by atoms with E-state index in [1.807, 2.05) is 40.3 Å². The van der Waals surface area contributed by atoms with Gasteiger partial charge in [0.05, 0.1) is 23.9 Å². The minimum atomic E-state index is -0.578. The highest BCUT2D eigenvalue weighted by Gasteiger charge is 2.03. The molecule has 0 fully saturated rings. The number of carbonyl (C=O) groups is 2. The first-order chi connectivity index (χ1) is 13.0. The number of aromatic nitrogens is 2. The Morgan fingerprint density at radius 3 is 2.81 bits per heavy atom. The van der Waals surface area contributed by atoms with Crippen LogP contribution >= 0.6 is 0 Å². The molecule has 1 unspecified atom stereocenters. The van der Waals surface area contributed by atoms with Crippen molar-refractivity contribution in [1.82, 2.24) is 20.2 Å². The highest BCUT2D eigenvalue weighted by Crippen LogP contribution is 2.10. The number of benzene rings is 1. The van der Waals surface area contributed by atoms with Crippen LogP contribution in [0.25, 0.3) is 5.69 Å². The van der Waals surface area contributed by atoms with Gasteiger partial charge in [0.25, 0.3) is 0 Å². The Morgan fingerprint density at radius 2 is 2.15 bits per heavy atom. The number of nitrogens with two attached hydrogens (primary N) is 1. The van der Waals surface area contributed by atoms with Crippen molar-refractivity contribution in [3.63, 3.8) is 0 Å². The average Bonchev–Trinajstić information content (AvgIpc) is 3.09. The van der Waals surface area contributed by atoms with E-state index < -0.39 is 6.03 Å². The molecule has 2 aromatic rings. The number of carbonyl (C=O) groups excluding carboxylic acids is 2. The summed E-state index contributed by atoms with van der Waals surface area (Å²) < 4.78 is 1.93. The summed E-state index contributed by atoms with van der Waals surface area (Å²) >= 11 is 0. The largest absolute Gasteiger partial charge is 0.388 e. The van der Waals surface area contributed by atoms with Crippen LogP contribution < -0.4 is 16.4 Å². The van der Waals surface area contributed by atoms with Gasteiger partial charge in [-0.05, 0) is 38.1 Å². The van der Waals surface area contributed by atoms with Gasteiger partial charge in [-0.15, -0.1) is 0 Å². The van der Waals surface area contributed by atoms with Gasteiger partial charge in [0.2, 0.25) is 6.41 Å². The molecular weight excluding hydrogens is 344 g/mol. The molecule has 8 nitrogen and oxygen atoms in total. The van der Waals surface area contributed by atoms with E-state index in [-0.39, 0.29) is 6.04 Å². The monoisotopic (exact) mass is 366 g/mol. The van der Waals surface area contributed by atoms with Crippen molar-refractivity contribution in [2.24, 2.45) is 10.7 Å². The van der Waals surface area contributed by atoms with Gasteiger partial charge in [0.1, 0.15) is 0 Å². The van der Waals surface area contributed by atoms with Gasteiger partial charge in [-0.3, -0.25) is 15.1 Å². The van der Waals surface area contributed by atoms with Crippen molar-refractivity contribution in [3.8, 4) is 17.5 Å². The molecular formula is C19H22N6O2. The second-order valence-corrected chi connectivity index (χ2v) is 5.82. The molecule has 1 heterocycles. The molecule has 4 N–H and O–H groups in total. The number of nitrogens with one attached hydrogen (secondary N) is 2. The average molecular weight is 366 g/mol. The first-order valence-corrected chi connectivity index (χ1v) is 8.40. The van der Waals surface area contributed by atoms with E-state index in [1.165, 1.54) is 0 Å². The minimum Gasteiger partial charge on any atom is -0.388 e. The molecule has 8 heteroatoms. The molecule has 140 valence electrons. The van der Waals surface area contributed by atoms with Crippen molar-refractivity contribution in [3.05, 3.63) is 48.0 Å². The smallest absolute Gasteiger partial charge is 0.322 e. The zero-order valence-electron chi connectivity index (χ0n) is 15.3. The molecule has 1 atom stereocenters. The van der Waals surface area contributed by atoms with E-state index in [0.29, 0.717) is 18.8 Å². The predicted octanol–water partition coefficient (Wildman–Crippen LogP) is 0.987. The molecule has 1 aromatic heterocycles. The van der Waals surface area contributed by atoms with Crippen LogP contribution in [-0.2, 0) is 11.2 Å². The first kappa shape index (κ1) is 19.7. The van der Waals surface area contributed by atoms with Crippen LogP contribution in [0.3, 0.4) is 0 Å². The summed E-state index contributed by atoms with van der Waals surface area (Å²) in [6.45, 7) is 4.11. The normalized spacial score (nSPS) is 11.9. The Bertz CT molecular complexity index is 870. The molecule has 2 rings (SSSR count). The molecule has 27 heavy (non-hydrogen) atoms. The zero-order valence-corrected chi connectivity index (χ0v) is 15.3. The van der Waals surface area contributed by atoms with Crippen LogP contribution in [0.4, 0.5) is 4.79 Å². The van der Waals surface area contributed by atoms with Gasteiger partial charge < -0.3 is 15.6 Å². The second kappa shape index (κ2) is 9.77. The van der Waals surface area contributed by atoms with Crippen LogP contribution in [0.5, 0.6) is 0 Å². The van der Waals surface area contributed by atoms with Gasteiger partial charge in [-0.2, -0.15) is 0 Å². The van der Waals surface area contributed by atoms with Crippen LogP contribution in [-0.4, -0.2) is 40.4 Å². The van der Waals surface area contributed by atoms with Crippen LogP contribution in [0.15, 0.2) is 41.8 Å². The van der Waals surface area contributed by atoms with Crippen molar-refractivity contribution in [2.45, 2.75) is 26.3 Å². The molecule has 0 bridgehead atoms. The molecule has 0 saturated heterocycles. The summed E-state index contributed by atoms with van der Waals surface area (Å²) in [7, 11) is 0. The maximum absolute atomic E-state index is 11.2. The van der Waals surface area contributed by atoms with Crippen molar-refractivity contribution < 1.29 is 9.59 Å². The number of amides is 3. The van der Waals surface area contributed by atoms with Crippen molar-refractivity contribution in [2.75, 3.05) is 6.54 Å². The Labute approximate surface area is 157 Å². The zero-order chi connectivity index (χ0) is 19.6. The number of imidazole rings is 1. The summed E-state index contributed by atoms with van der Waals surface area (Å²) in [5, 5.41) is 4.53. The lowest BCUT2D eigenvalue weighted by Crippen LogP contribution is -2.39. The van der Waals surface area contributed by atoms with E-state index in [4.69, 9.17) is 5.73 Å². The lowest BCUT2D eigenvalue weighted by Gasteiger charge is -2.05. The number of nitrogens with zero attached hydrogens (tertiary/aromatic N) is 3. The fourth-order valence-electron chi connectivity index (χ4n) is 2.22. The number of aliphatic imine (C=N–C) groups is 1. The fourth-order valence-corrected chi connectivity index (χ4v) is 2.22. The number of urea groups is 1. The van der Waals surface area contributed by atoms with Gasteiger partial charge in [-0.25, -0.2) is 9.78 Å². The summed E-state index contributed by atoms with van der Waals surface area (Å²) in [6.07, 6.45) is 4.77. The predicted molar refractivity (Wildman–Crippen MR) is 104 cm³/mol. The Balaban J connectivity index is 1.96. The number of imide groups is 1. The van der Waals surface area contributed by atoms with E-state index in [2.05, 4.69) is 27.1 Å². The third kappa shape index (κ3) is 6.66. The second-order valence-electron chi connectivity index (χ2n) is 5.82.